The van der Waals surface area contributed by atoms with Gasteiger partial charge in [-0.3, -0.25) is 0 Å². The maximum Gasteiger partial charge on any atom is 0.130 e. The second kappa shape index (κ2) is 9.95. The number of nitrogens with zero attached hydrogens (tertiary/aromatic N) is 1. The minimum Gasteiger partial charge on any atom is -0.496 e. The molecule has 4 heteroatoms. The van der Waals surface area contributed by atoms with Crippen molar-refractivity contribution in [3.05, 3.63) is 53.6 Å². The van der Waals surface area contributed by atoms with Crippen molar-refractivity contribution in [2.45, 2.75) is 40.0 Å². The molecule has 1 saturated heterocycles. The molecule has 2 aromatic rings. The van der Waals surface area contributed by atoms with Gasteiger partial charge in [-0.2, -0.15) is 0 Å². The van der Waals surface area contributed by atoms with E-state index >= 15 is 0 Å². The summed E-state index contributed by atoms with van der Waals surface area (Å²) in [4.78, 5) is 2.65. The Morgan fingerprint density at radius 3 is 1.94 bits per heavy atom. The van der Waals surface area contributed by atoms with Gasteiger partial charge in [-0.05, 0) is 29.2 Å². The van der Waals surface area contributed by atoms with Crippen LogP contribution in [0, 0.1) is 17.3 Å². The summed E-state index contributed by atoms with van der Waals surface area (Å²) in [5.74, 6) is 3.93. The highest BCUT2D eigenvalue weighted by atomic mass is 16.5. The molecule has 3 unspecified atom stereocenters. The fourth-order valence-corrected chi connectivity index (χ4v) is 5.56. The van der Waals surface area contributed by atoms with Crippen molar-refractivity contribution in [1.29, 1.82) is 0 Å². The standard InChI is InChI=1S/C27H39NO3/c1-19-13-20(2)17-28(16-19)18-27(3,4)26(21-11-9-8-10-12-21)25-23(30-6)14-22(29-5)15-24(25)31-7/h8-12,14-15,19-20,26H,13,16-18H2,1-7H3. The molecule has 0 aromatic heterocycles. The SMILES string of the molecule is COc1cc(OC)c(C(c2ccccc2)C(C)(C)CN2CC(C)CC(C)C2)c(OC)c1. The Labute approximate surface area is 188 Å². The second-order valence-electron chi connectivity index (χ2n) is 9.92. The van der Waals surface area contributed by atoms with Crippen molar-refractivity contribution in [2.75, 3.05) is 41.0 Å². The van der Waals surface area contributed by atoms with Crippen LogP contribution in [0.2, 0.25) is 0 Å². The highest BCUT2D eigenvalue weighted by molar-refractivity contribution is 5.56. The van der Waals surface area contributed by atoms with Crippen LogP contribution >= 0.6 is 0 Å². The van der Waals surface area contributed by atoms with Crippen molar-refractivity contribution in [3.63, 3.8) is 0 Å². The van der Waals surface area contributed by atoms with Crippen LogP contribution in [0.25, 0.3) is 0 Å². The zero-order chi connectivity index (χ0) is 22.6. The van der Waals surface area contributed by atoms with Gasteiger partial charge in [-0.1, -0.05) is 58.0 Å². The lowest BCUT2D eigenvalue weighted by atomic mass is 9.70. The van der Waals surface area contributed by atoms with Crippen molar-refractivity contribution in [2.24, 2.45) is 17.3 Å². The summed E-state index contributed by atoms with van der Waals surface area (Å²) >= 11 is 0. The van der Waals surface area contributed by atoms with Crippen molar-refractivity contribution >= 4 is 0 Å². The van der Waals surface area contributed by atoms with Crippen LogP contribution in [0.3, 0.4) is 0 Å². The van der Waals surface area contributed by atoms with E-state index in [9.17, 15) is 0 Å². The van der Waals surface area contributed by atoms with E-state index in [0.29, 0.717) is 0 Å². The molecule has 3 rings (SSSR count). The van der Waals surface area contributed by atoms with E-state index in [-0.39, 0.29) is 11.3 Å². The first-order valence-corrected chi connectivity index (χ1v) is 11.4. The monoisotopic (exact) mass is 425 g/mol. The van der Waals surface area contributed by atoms with Gasteiger partial charge >= 0.3 is 0 Å². The fourth-order valence-electron chi connectivity index (χ4n) is 5.56. The number of likely N-dealkylation sites (tertiary alicyclic amines) is 1. The van der Waals surface area contributed by atoms with Crippen LogP contribution < -0.4 is 14.2 Å². The average Bonchev–Trinajstić information content (AvgIpc) is 2.73. The Bertz CT molecular complexity index is 814. The summed E-state index contributed by atoms with van der Waals surface area (Å²) in [6.45, 7) is 12.8. The van der Waals surface area contributed by atoms with Crippen molar-refractivity contribution in [1.82, 2.24) is 4.90 Å². The van der Waals surface area contributed by atoms with Crippen LogP contribution in [0.15, 0.2) is 42.5 Å². The summed E-state index contributed by atoms with van der Waals surface area (Å²) in [6.07, 6.45) is 1.32. The normalized spacial score (nSPS) is 20.9. The highest BCUT2D eigenvalue weighted by Crippen LogP contribution is 2.50. The van der Waals surface area contributed by atoms with Crippen LogP contribution in [0.4, 0.5) is 0 Å². The smallest absolute Gasteiger partial charge is 0.130 e. The number of hydrogen-bond acceptors (Lipinski definition) is 4. The maximum absolute atomic E-state index is 5.88. The van der Waals surface area contributed by atoms with Crippen molar-refractivity contribution < 1.29 is 14.2 Å². The minimum atomic E-state index is -0.0483. The van der Waals surface area contributed by atoms with E-state index in [4.69, 9.17) is 14.2 Å². The van der Waals surface area contributed by atoms with E-state index in [1.807, 2.05) is 12.1 Å². The van der Waals surface area contributed by atoms with E-state index in [2.05, 4.69) is 62.9 Å². The van der Waals surface area contributed by atoms with Crippen LogP contribution in [-0.4, -0.2) is 45.9 Å². The van der Waals surface area contributed by atoms with Gasteiger partial charge in [0.05, 0.1) is 21.3 Å². The summed E-state index contributed by atoms with van der Waals surface area (Å²) in [5, 5.41) is 0. The zero-order valence-electron chi connectivity index (χ0n) is 20.3. The molecule has 0 radical (unpaired) electrons. The molecule has 0 amide bonds. The van der Waals surface area contributed by atoms with E-state index < -0.39 is 0 Å². The van der Waals surface area contributed by atoms with Gasteiger partial charge in [-0.15, -0.1) is 0 Å². The molecular formula is C27H39NO3. The van der Waals surface area contributed by atoms with E-state index in [1.54, 1.807) is 21.3 Å². The molecular weight excluding hydrogens is 386 g/mol. The number of benzene rings is 2. The lowest BCUT2D eigenvalue weighted by molar-refractivity contribution is 0.0889. The van der Waals surface area contributed by atoms with Gasteiger partial charge in [0, 0.05) is 43.2 Å². The summed E-state index contributed by atoms with van der Waals surface area (Å²) in [5.41, 5.74) is 2.31. The van der Waals surface area contributed by atoms with Gasteiger partial charge in [0.1, 0.15) is 17.2 Å². The third-order valence-corrected chi connectivity index (χ3v) is 6.53. The number of hydrogen-bond donors (Lipinski definition) is 0. The molecule has 1 aliphatic rings. The predicted molar refractivity (Wildman–Crippen MR) is 128 cm³/mol. The topological polar surface area (TPSA) is 30.9 Å². The molecule has 3 atom stereocenters. The van der Waals surface area contributed by atoms with Crippen LogP contribution in [0.5, 0.6) is 17.2 Å². The molecule has 2 aromatic carbocycles. The molecule has 0 saturated carbocycles. The molecule has 170 valence electrons. The number of piperidine rings is 1. The predicted octanol–water partition coefficient (Wildman–Crippen LogP) is 5.85. The largest absolute Gasteiger partial charge is 0.496 e. The van der Waals surface area contributed by atoms with Gasteiger partial charge < -0.3 is 19.1 Å². The van der Waals surface area contributed by atoms with Gasteiger partial charge in [0.2, 0.25) is 0 Å². The Balaban J connectivity index is 2.10. The van der Waals surface area contributed by atoms with E-state index in [0.717, 1.165) is 54.3 Å². The fraction of sp³-hybridized carbons (Fsp3) is 0.556. The maximum atomic E-state index is 5.88. The lowest BCUT2D eigenvalue weighted by Gasteiger charge is -2.43. The molecule has 0 aliphatic carbocycles. The summed E-state index contributed by atoms with van der Waals surface area (Å²) in [7, 11) is 5.12. The Hall–Kier alpha value is -2.20. The molecule has 0 spiro atoms. The summed E-state index contributed by atoms with van der Waals surface area (Å²) < 4.78 is 17.3. The number of methoxy groups -OCH3 is 3. The molecule has 1 heterocycles. The third kappa shape index (κ3) is 5.35. The zero-order valence-corrected chi connectivity index (χ0v) is 20.3. The summed E-state index contributed by atoms with van der Waals surface area (Å²) in [6, 6.07) is 14.7. The molecule has 0 N–H and O–H groups in total. The van der Waals surface area contributed by atoms with Gasteiger partial charge in [0.15, 0.2) is 0 Å². The Kier molecular flexibility index (Phi) is 7.53. The first-order chi connectivity index (χ1) is 14.8. The molecule has 1 aliphatic heterocycles. The van der Waals surface area contributed by atoms with Crippen LogP contribution in [0.1, 0.15) is 51.2 Å². The molecule has 1 fully saturated rings. The number of rotatable bonds is 8. The quantitative estimate of drug-likeness (QED) is 0.531. The van der Waals surface area contributed by atoms with Crippen molar-refractivity contribution in [3.8, 4) is 17.2 Å². The lowest BCUT2D eigenvalue weighted by Crippen LogP contribution is -2.45. The minimum absolute atomic E-state index is 0.0483. The Morgan fingerprint density at radius 2 is 1.45 bits per heavy atom. The first-order valence-electron chi connectivity index (χ1n) is 11.4. The second-order valence-corrected chi connectivity index (χ2v) is 9.92. The Morgan fingerprint density at radius 1 is 0.903 bits per heavy atom. The number of ether oxygens (including phenoxy) is 3. The highest BCUT2D eigenvalue weighted by Gasteiger charge is 2.39. The van der Waals surface area contributed by atoms with Gasteiger partial charge in [-0.25, -0.2) is 0 Å². The first kappa shape index (κ1) is 23.5. The third-order valence-electron chi connectivity index (χ3n) is 6.53. The molecule has 0 bridgehead atoms. The average molecular weight is 426 g/mol. The van der Waals surface area contributed by atoms with Crippen LogP contribution in [-0.2, 0) is 0 Å². The van der Waals surface area contributed by atoms with Gasteiger partial charge in [0.25, 0.3) is 0 Å². The van der Waals surface area contributed by atoms with E-state index in [1.165, 1.54) is 12.0 Å². The molecule has 31 heavy (non-hydrogen) atoms. The molecule has 4 nitrogen and oxygen atoms in total.